The molecule has 0 aliphatic carbocycles. The Morgan fingerprint density at radius 2 is 2.00 bits per heavy atom. The summed E-state index contributed by atoms with van der Waals surface area (Å²) in [4.78, 5) is 0. The average molecular weight is 244 g/mol. The van der Waals surface area contributed by atoms with Gasteiger partial charge >= 0.3 is 0 Å². The Labute approximate surface area is 75.1 Å². The van der Waals surface area contributed by atoms with E-state index in [1.54, 1.807) is 0 Å². The Bertz CT molecular complexity index is 238. The van der Waals surface area contributed by atoms with Crippen LogP contribution in [0.3, 0.4) is 0 Å². The van der Waals surface area contributed by atoms with Crippen LogP contribution in [0.25, 0.3) is 6.08 Å². The predicted molar refractivity (Wildman–Crippen MR) is 54.2 cm³/mol. The van der Waals surface area contributed by atoms with E-state index in [9.17, 15) is 0 Å². The lowest BCUT2D eigenvalue weighted by atomic mass is 10.1. The quantitative estimate of drug-likeness (QED) is 0.664. The molecule has 0 bridgehead atoms. The first-order valence-corrected chi connectivity index (χ1v) is 4.41. The molecule has 1 aromatic rings. The predicted octanol–water partition coefficient (Wildman–Crippen LogP) is 3.40. The molecule has 0 amide bonds. The molecule has 0 spiro atoms. The fourth-order valence-electron chi connectivity index (χ4n) is 0.842. The molecule has 1 rings (SSSR count). The molecule has 0 fully saturated rings. The third-order valence-electron chi connectivity index (χ3n) is 1.43. The lowest BCUT2D eigenvalue weighted by Gasteiger charge is -1.95. The highest BCUT2D eigenvalue weighted by molar-refractivity contribution is 14.1. The summed E-state index contributed by atoms with van der Waals surface area (Å²) >= 11 is 2.23. The van der Waals surface area contributed by atoms with Crippen molar-refractivity contribution in [1.29, 1.82) is 0 Å². The van der Waals surface area contributed by atoms with Crippen molar-refractivity contribution in [3.05, 3.63) is 39.5 Å². The van der Waals surface area contributed by atoms with E-state index in [0.29, 0.717) is 0 Å². The fraction of sp³-hybridized carbons (Fsp3) is 0.111. The van der Waals surface area contributed by atoms with Gasteiger partial charge in [0, 0.05) is 0 Å². The Morgan fingerprint density at radius 1 is 1.30 bits per heavy atom. The third kappa shape index (κ3) is 1.84. The van der Waals surface area contributed by atoms with Gasteiger partial charge in [-0.1, -0.05) is 46.9 Å². The van der Waals surface area contributed by atoms with Gasteiger partial charge in [0.15, 0.2) is 0 Å². The molecule has 0 atom stereocenters. The van der Waals surface area contributed by atoms with E-state index in [1.807, 2.05) is 4.08 Å². The topological polar surface area (TPSA) is 0 Å². The summed E-state index contributed by atoms with van der Waals surface area (Å²) in [6.07, 6.45) is 2.11. The summed E-state index contributed by atoms with van der Waals surface area (Å²) in [7, 11) is 0. The van der Waals surface area contributed by atoms with Gasteiger partial charge in [0.05, 0.1) is 0 Å². The molecule has 10 heavy (non-hydrogen) atoms. The van der Waals surface area contributed by atoms with E-state index in [1.165, 1.54) is 11.1 Å². The van der Waals surface area contributed by atoms with Crippen LogP contribution in [0.15, 0.2) is 28.3 Å². The molecule has 0 aliphatic heterocycles. The second-order valence-electron chi connectivity index (χ2n) is 2.15. The van der Waals surface area contributed by atoms with Gasteiger partial charge in [-0.2, -0.15) is 0 Å². The lowest BCUT2D eigenvalue weighted by Crippen LogP contribution is -1.76. The first kappa shape index (κ1) is 7.79. The van der Waals surface area contributed by atoms with Crippen LogP contribution in [0.4, 0.5) is 0 Å². The smallest absolute Gasteiger partial charge is 0.0223 e. The summed E-state index contributed by atoms with van der Waals surface area (Å²) in [5, 5.41) is 0. The lowest BCUT2D eigenvalue weighted by molar-refractivity contribution is 1.45. The van der Waals surface area contributed by atoms with Crippen molar-refractivity contribution in [1.82, 2.24) is 0 Å². The van der Waals surface area contributed by atoms with Gasteiger partial charge in [-0.05, 0) is 28.2 Å². The molecule has 0 aliphatic rings. The van der Waals surface area contributed by atoms with Crippen LogP contribution in [-0.2, 0) is 0 Å². The van der Waals surface area contributed by atoms with Crippen molar-refractivity contribution in [2.45, 2.75) is 6.92 Å². The molecule has 0 nitrogen and oxygen atoms in total. The highest BCUT2D eigenvalue weighted by Gasteiger charge is 1.88. The van der Waals surface area contributed by atoms with Crippen LogP contribution in [0, 0.1) is 6.92 Å². The molecule has 52 valence electrons. The Balaban J connectivity index is 3.03. The van der Waals surface area contributed by atoms with Gasteiger partial charge in [-0.3, -0.25) is 0 Å². The summed E-state index contributed by atoms with van der Waals surface area (Å²) in [5.41, 5.74) is 2.63. The maximum Gasteiger partial charge on any atom is -0.0223 e. The van der Waals surface area contributed by atoms with Gasteiger partial charge in [-0.25, -0.2) is 0 Å². The largest absolute Gasteiger partial charge is 0.0620 e. The molecule has 0 unspecified atom stereocenters. The van der Waals surface area contributed by atoms with Crippen molar-refractivity contribution < 1.29 is 0 Å². The van der Waals surface area contributed by atoms with Crippen LogP contribution in [0.5, 0.6) is 0 Å². The molecule has 1 aromatic carbocycles. The van der Waals surface area contributed by atoms with Crippen LogP contribution < -0.4 is 0 Å². The first-order chi connectivity index (χ1) is 4.84. The summed E-state index contributed by atoms with van der Waals surface area (Å²) < 4.78 is 2.03. The maximum absolute atomic E-state index is 2.23. The van der Waals surface area contributed by atoms with E-state index in [4.69, 9.17) is 0 Å². The normalized spacial score (nSPS) is 10.6. The molecule has 0 heterocycles. The van der Waals surface area contributed by atoms with Crippen LogP contribution in [0.2, 0.25) is 0 Å². The second kappa shape index (κ2) is 3.76. The van der Waals surface area contributed by atoms with Crippen molar-refractivity contribution in [2.75, 3.05) is 0 Å². The number of hydrogen-bond acceptors (Lipinski definition) is 0. The molecule has 0 aromatic heterocycles. The van der Waals surface area contributed by atoms with E-state index >= 15 is 0 Å². The molecule has 0 saturated heterocycles. The number of aryl methyl sites for hydroxylation is 1. The Hall–Kier alpha value is -0.310. The minimum absolute atomic E-state index is 1.30. The number of hydrogen-bond donors (Lipinski definition) is 0. The second-order valence-corrected chi connectivity index (χ2v) is 2.87. The number of rotatable bonds is 1. The van der Waals surface area contributed by atoms with Crippen molar-refractivity contribution in [3.8, 4) is 0 Å². The molecule has 1 heteroatoms. The molecular formula is C9H9I. The summed E-state index contributed by atoms with van der Waals surface area (Å²) in [6, 6.07) is 8.34. The molecule has 0 saturated carbocycles. The van der Waals surface area contributed by atoms with Crippen molar-refractivity contribution >= 4 is 28.7 Å². The average Bonchev–Trinajstić information content (AvgIpc) is 1.94. The summed E-state index contributed by atoms with van der Waals surface area (Å²) in [6.45, 7) is 2.12. The first-order valence-electron chi connectivity index (χ1n) is 3.17. The monoisotopic (exact) mass is 244 g/mol. The minimum Gasteiger partial charge on any atom is -0.0620 e. The summed E-state index contributed by atoms with van der Waals surface area (Å²) in [5.74, 6) is 0. The van der Waals surface area contributed by atoms with E-state index < -0.39 is 0 Å². The van der Waals surface area contributed by atoms with Crippen molar-refractivity contribution in [3.63, 3.8) is 0 Å². The SMILES string of the molecule is Cc1ccccc1/C=C/I. The van der Waals surface area contributed by atoms with Gasteiger partial charge in [-0.15, -0.1) is 0 Å². The van der Waals surface area contributed by atoms with Crippen molar-refractivity contribution in [2.24, 2.45) is 0 Å². The van der Waals surface area contributed by atoms with Crippen LogP contribution >= 0.6 is 22.6 Å². The van der Waals surface area contributed by atoms with Crippen LogP contribution in [-0.4, -0.2) is 0 Å². The minimum atomic E-state index is 1.30. The van der Waals surface area contributed by atoms with Gasteiger partial charge < -0.3 is 0 Å². The Kier molecular flexibility index (Phi) is 2.93. The number of halogens is 1. The van der Waals surface area contributed by atoms with Gasteiger partial charge in [0.1, 0.15) is 0 Å². The maximum atomic E-state index is 2.23. The van der Waals surface area contributed by atoms with E-state index in [2.05, 4.69) is 59.9 Å². The highest BCUT2D eigenvalue weighted by Crippen LogP contribution is 2.09. The highest BCUT2D eigenvalue weighted by atomic mass is 127. The number of benzene rings is 1. The zero-order valence-corrected chi connectivity index (χ0v) is 8.00. The fourth-order valence-corrected chi connectivity index (χ4v) is 1.23. The molecule has 0 N–H and O–H groups in total. The van der Waals surface area contributed by atoms with E-state index in [-0.39, 0.29) is 0 Å². The standard InChI is InChI=1S/C9H9I/c1-8-4-2-3-5-9(8)6-7-10/h2-7H,1H3/b7-6+. The zero-order chi connectivity index (χ0) is 7.40. The molecule has 0 radical (unpaired) electrons. The Morgan fingerprint density at radius 3 is 2.60 bits per heavy atom. The van der Waals surface area contributed by atoms with Gasteiger partial charge in [0.2, 0.25) is 0 Å². The third-order valence-corrected chi connectivity index (χ3v) is 1.79. The van der Waals surface area contributed by atoms with E-state index in [0.717, 1.165) is 0 Å². The molecular weight excluding hydrogens is 235 g/mol. The van der Waals surface area contributed by atoms with Gasteiger partial charge in [0.25, 0.3) is 0 Å². The zero-order valence-electron chi connectivity index (χ0n) is 5.84. The van der Waals surface area contributed by atoms with Crippen LogP contribution in [0.1, 0.15) is 11.1 Å².